The molecule has 0 unspecified atom stereocenters. The van der Waals surface area contributed by atoms with Crippen molar-refractivity contribution in [2.75, 3.05) is 11.9 Å². The van der Waals surface area contributed by atoms with E-state index in [0.29, 0.717) is 12.3 Å². The number of hydrogen-bond acceptors (Lipinski definition) is 3. The van der Waals surface area contributed by atoms with Crippen LogP contribution >= 0.6 is 0 Å². The van der Waals surface area contributed by atoms with Gasteiger partial charge in [-0.15, -0.1) is 0 Å². The van der Waals surface area contributed by atoms with Gasteiger partial charge in [0.1, 0.15) is 5.75 Å². The zero-order valence-corrected chi connectivity index (χ0v) is 12.3. The lowest BCUT2D eigenvalue weighted by Gasteiger charge is -2.11. The van der Waals surface area contributed by atoms with Crippen LogP contribution in [-0.4, -0.2) is 12.5 Å². The minimum Gasteiger partial charge on any atom is -0.483 e. The monoisotopic (exact) mass is 284 g/mol. The van der Waals surface area contributed by atoms with Gasteiger partial charge >= 0.3 is 0 Å². The Morgan fingerprint density at radius 3 is 2.48 bits per heavy atom. The Bertz CT molecular complexity index is 618. The molecule has 0 aromatic heterocycles. The van der Waals surface area contributed by atoms with Gasteiger partial charge in [-0.05, 0) is 43.2 Å². The molecule has 110 valence electrons. The summed E-state index contributed by atoms with van der Waals surface area (Å²) in [5.74, 6) is 0.461. The molecular formula is C17H20N2O2. The largest absolute Gasteiger partial charge is 0.483 e. The molecule has 1 amide bonds. The molecule has 2 aromatic carbocycles. The van der Waals surface area contributed by atoms with Gasteiger partial charge in [-0.2, -0.15) is 0 Å². The number of anilines is 1. The normalized spacial score (nSPS) is 10.2. The molecule has 2 aromatic rings. The van der Waals surface area contributed by atoms with E-state index in [4.69, 9.17) is 10.5 Å². The lowest BCUT2D eigenvalue weighted by Crippen LogP contribution is -2.20. The fourth-order valence-electron chi connectivity index (χ4n) is 2.20. The first kappa shape index (κ1) is 15.1. The highest BCUT2D eigenvalue weighted by molar-refractivity contribution is 5.92. The summed E-state index contributed by atoms with van der Waals surface area (Å²) in [6.07, 6.45) is 0. The molecule has 4 nitrogen and oxygen atoms in total. The van der Waals surface area contributed by atoms with Crippen molar-refractivity contribution in [3.05, 3.63) is 59.2 Å². The SMILES string of the molecule is Cc1cc(C)cc(NC(=O)COc2ccccc2CN)c1. The molecule has 0 aliphatic carbocycles. The van der Waals surface area contributed by atoms with Gasteiger partial charge in [0.05, 0.1) is 0 Å². The Kier molecular flexibility index (Phi) is 4.95. The number of para-hydroxylation sites is 1. The maximum absolute atomic E-state index is 11.9. The second-order valence-electron chi connectivity index (χ2n) is 5.03. The van der Waals surface area contributed by atoms with Gasteiger partial charge < -0.3 is 15.8 Å². The third-order valence-corrected chi connectivity index (χ3v) is 3.06. The highest BCUT2D eigenvalue weighted by Gasteiger charge is 2.06. The molecule has 0 saturated carbocycles. The predicted molar refractivity (Wildman–Crippen MR) is 84.4 cm³/mol. The summed E-state index contributed by atoms with van der Waals surface area (Å²) in [6, 6.07) is 13.4. The fraction of sp³-hybridized carbons (Fsp3) is 0.235. The zero-order chi connectivity index (χ0) is 15.2. The third-order valence-electron chi connectivity index (χ3n) is 3.06. The van der Waals surface area contributed by atoms with Crippen LogP contribution in [0.25, 0.3) is 0 Å². The molecule has 0 aliphatic heterocycles. The number of benzene rings is 2. The predicted octanol–water partition coefficient (Wildman–Crippen LogP) is 2.78. The first-order valence-corrected chi connectivity index (χ1v) is 6.87. The molecular weight excluding hydrogens is 264 g/mol. The van der Waals surface area contributed by atoms with Crippen LogP contribution in [0.4, 0.5) is 5.69 Å². The van der Waals surface area contributed by atoms with E-state index < -0.39 is 0 Å². The van der Waals surface area contributed by atoms with Crippen molar-refractivity contribution < 1.29 is 9.53 Å². The summed E-state index contributed by atoms with van der Waals surface area (Å²) in [7, 11) is 0. The average Bonchev–Trinajstić information content (AvgIpc) is 2.44. The van der Waals surface area contributed by atoms with Crippen LogP contribution in [0.1, 0.15) is 16.7 Å². The Morgan fingerprint density at radius 1 is 1.14 bits per heavy atom. The third kappa shape index (κ3) is 4.33. The Morgan fingerprint density at radius 2 is 1.81 bits per heavy atom. The molecule has 0 spiro atoms. The van der Waals surface area contributed by atoms with E-state index in [0.717, 1.165) is 22.4 Å². The van der Waals surface area contributed by atoms with Gasteiger partial charge in [0, 0.05) is 17.8 Å². The number of hydrogen-bond donors (Lipinski definition) is 2. The maximum atomic E-state index is 11.9. The van der Waals surface area contributed by atoms with Crippen LogP contribution in [0.5, 0.6) is 5.75 Å². The number of carbonyl (C=O) groups is 1. The first-order valence-electron chi connectivity index (χ1n) is 6.87. The first-order chi connectivity index (χ1) is 10.1. The van der Waals surface area contributed by atoms with Crippen molar-refractivity contribution in [1.82, 2.24) is 0 Å². The Hall–Kier alpha value is -2.33. The van der Waals surface area contributed by atoms with Gasteiger partial charge in [0.15, 0.2) is 6.61 Å². The Labute approximate surface area is 124 Å². The Balaban J connectivity index is 1.96. The second-order valence-corrected chi connectivity index (χ2v) is 5.03. The molecule has 3 N–H and O–H groups in total. The molecule has 0 radical (unpaired) electrons. The van der Waals surface area contributed by atoms with E-state index in [1.807, 2.05) is 50.2 Å². The summed E-state index contributed by atoms with van der Waals surface area (Å²) in [4.78, 5) is 11.9. The number of ether oxygens (including phenoxy) is 1. The number of amides is 1. The van der Waals surface area contributed by atoms with Crippen molar-refractivity contribution in [1.29, 1.82) is 0 Å². The second kappa shape index (κ2) is 6.90. The quantitative estimate of drug-likeness (QED) is 0.887. The van der Waals surface area contributed by atoms with Crippen LogP contribution in [-0.2, 0) is 11.3 Å². The summed E-state index contributed by atoms with van der Waals surface area (Å²) >= 11 is 0. The van der Waals surface area contributed by atoms with Crippen molar-refractivity contribution in [2.45, 2.75) is 20.4 Å². The van der Waals surface area contributed by atoms with Crippen LogP contribution in [0.15, 0.2) is 42.5 Å². The lowest BCUT2D eigenvalue weighted by atomic mass is 10.1. The van der Waals surface area contributed by atoms with Gasteiger partial charge in [-0.3, -0.25) is 4.79 Å². The number of rotatable bonds is 5. The molecule has 0 aliphatic rings. The molecule has 0 heterocycles. The standard InChI is InChI=1S/C17H20N2O2/c1-12-7-13(2)9-15(8-12)19-17(20)11-21-16-6-4-3-5-14(16)10-18/h3-9H,10-11,18H2,1-2H3,(H,19,20). The van der Waals surface area contributed by atoms with Crippen molar-refractivity contribution in [3.63, 3.8) is 0 Å². The van der Waals surface area contributed by atoms with Gasteiger partial charge in [0.2, 0.25) is 0 Å². The lowest BCUT2D eigenvalue weighted by molar-refractivity contribution is -0.118. The van der Waals surface area contributed by atoms with Crippen molar-refractivity contribution in [3.8, 4) is 5.75 Å². The highest BCUT2D eigenvalue weighted by atomic mass is 16.5. The van der Waals surface area contributed by atoms with E-state index in [1.165, 1.54) is 0 Å². The van der Waals surface area contributed by atoms with E-state index in [9.17, 15) is 4.79 Å². The van der Waals surface area contributed by atoms with E-state index in [-0.39, 0.29) is 12.5 Å². The maximum Gasteiger partial charge on any atom is 0.262 e. The number of carbonyl (C=O) groups excluding carboxylic acids is 1. The highest BCUT2D eigenvalue weighted by Crippen LogP contribution is 2.17. The van der Waals surface area contributed by atoms with E-state index >= 15 is 0 Å². The van der Waals surface area contributed by atoms with Gasteiger partial charge in [-0.25, -0.2) is 0 Å². The number of nitrogens with one attached hydrogen (secondary N) is 1. The molecule has 0 bridgehead atoms. The van der Waals surface area contributed by atoms with Crippen LogP contribution in [0.3, 0.4) is 0 Å². The minimum atomic E-state index is -0.188. The topological polar surface area (TPSA) is 64.3 Å². The fourth-order valence-corrected chi connectivity index (χ4v) is 2.20. The van der Waals surface area contributed by atoms with E-state index in [2.05, 4.69) is 11.4 Å². The molecule has 0 atom stereocenters. The van der Waals surface area contributed by atoms with Gasteiger partial charge in [-0.1, -0.05) is 24.3 Å². The summed E-state index contributed by atoms with van der Waals surface area (Å²) in [5.41, 5.74) is 9.53. The van der Waals surface area contributed by atoms with Crippen LogP contribution in [0, 0.1) is 13.8 Å². The zero-order valence-electron chi connectivity index (χ0n) is 12.3. The smallest absolute Gasteiger partial charge is 0.262 e. The molecule has 4 heteroatoms. The minimum absolute atomic E-state index is 0.0377. The molecule has 0 saturated heterocycles. The van der Waals surface area contributed by atoms with E-state index in [1.54, 1.807) is 0 Å². The summed E-state index contributed by atoms with van der Waals surface area (Å²) in [5, 5.41) is 2.84. The van der Waals surface area contributed by atoms with Crippen LogP contribution < -0.4 is 15.8 Å². The number of aryl methyl sites for hydroxylation is 2. The molecule has 2 rings (SSSR count). The number of nitrogens with two attached hydrogens (primary N) is 1. The van der Waals surface area contributed by atoms with Gasteiger partial charge in [0.25, 0.3) is 5.91 Å². The summed E-state index contributed by atoms with van der Waals surface area (Å²) < 4.78 is 5.53. The van der Waals surface area contributed by atoms with Crippen molar-refractivity contribution >= 4 is 11.6 Å². The average molecular weight is 284 g/mol. The van der Waals surface area contributed by atoms with Crippen LogP contribution in [0.2, 0.25) is 0 Å². The molecule has 21 heavy (non-hydrogen) atoms. The summed E-state index contributed by atoms with van der Waals surface area (Å²) in [6.45, 7) is 4.34. The molecule has 0 fully saturated rings. The van der Waals surface area contributed by atoms with Crippen molar-refractivity contribution in [2.24, 2.45) is 5.73 Å².